The van der Waals surface area contributed by atoms with Gasteiger partial charge in [0.2, 0.25) is 0 Å². The van der Waals surface area contributed by atoms with Crippen molar-refractivity contribution in [3.63, 3.8) is 0 Å². The first-order chi connectivity index (χ1) is 22.2. The highest BCUT2D eigenvalue weighted by Crippen LogP contribution is 2.47. The lowest BCUT2D eigenvalue weighted by Gasteiger charge is -2.09. The van der Waals surface area contributed by atoms with Crippen molar-refractivity contribution in [2.45, 2.75) is 46.2 Å². The van der Waals surface area contributed by atoms with Crippen LogP contribution in [-0.2, 0) is 32.4 Å². The molecular weight excluding hydrogens is 544 g/mol. The molecule has 10 rings (SSSR count). The Hall–Kier alpha value is -5.08. The van der Waals surface area contributed by atoms with Gasteiger partial charge >= 0.3 is 0 Å². The van der Waals surface area contributed by atoms with Gasteiger partial charge in [-0.05, 0) is 113 Å². The van der Waals surface area contributed by atoms with Crippen LogP contribution in [0.3, 0.4) is 0 Å². The summed E-state index contributed by atoms with van der Waals surface area (Å²) in [6, 6.07) is 41.7. The maximum absolute atomic E-state index is 2.53. The Labute approximate surface area is 263 Å². The second kappa shape index (κ2) is 9.22. The smallest absolute Gasteiger partial charge is 0.0497 e. The molecule has 0 amide bonds. The molecule has 2 nitrogen and oxygen atoms in total. The largest absolute Gasteiger partial charge is 0.341 e. The second-order valence-electron chi connectivity index (χ2n) is 13.0. The summed E-state index contributed by atoms with van der Waals surface area (Å²) >= 11 is 0. The fraction of sp³-hybridized carbons (Fsp3) is 0.163. The Balaban J connectivity index is 1.19. The molecule has 45 heavy (non-hydrogen) atoms. The number of aromatic nitrogens is 2. The molecule has 6 aromatic carbocycles. The molecule has 0 atom stereocenters. The molecule has 0 fully saturated rings. The van der Waals surface area contributed by atoms with Crippen molar-refractivity contribution >= 4 is 43.6 Å². The van der Waals surface area contributed by atoms with Gasteiger partial charge in [0, 0.05) is 56.7 Å². The lowest BCUT2D eigenvalue weighted by Crippen LogP contribution is -1.95. The topological polar surface area (TPSA) is 9.86 Å². The molecule has 2 aliphatic rings. The van der Waals surface area contributed by atoms with Crippen LogP contribution in [0.15, 0.2) is 109 Å². The van der Waals surface area contributed by atoms with Crippen molar-refractivity contribution in [1.82, 2.24) is 9.13 Å². The van der Waals surface area contributed by atoms with Gasteiger partial charge in [-0.25, -0.2) is 0 Å². The first-order valence-electron chi connectivity index (χ1n) is 16.5. The van der Waals surface area contributed by atoms with Crippen LogP contribution in [0.5, 0.6) is 0 Å². The van der Waals surface area contributed by atoms with E-state index in [1.807, 2.05) is 0 Å². The number of benzene rings is 6. The van der Waals surface area contributed by atoms with E-state index in [1.165, 1.54) is 99.2 Å². The molecule has 0 bridgehead atoms. The molecular formula is C43H34N2. The van der Waals surface area contributed by atoms with E-state index in [1.54, 1.807) is 0 Å². The third-order valence-corrected chi connectivity index (χ3v) is 10.8. The fourth-order valence-electron chi connectivity index (χ4n) is 8.93. The molecule has 0 unspecified atom stereocenters. The summed E-state index contributed by atoms with van der Waals surface area (Å²) in [4.78, 5) is 0. The van der Waals surface area contributed by atoms with Gasteiger partial charge in [-0.15, -0.1) is 0 Å². The zero-order valence-electron chi connectivity index (χ0n) is 25.8. The van der Waals surface area contributed by atoms with Gasteiger partial charge in [-0.3, -0.25) is 0 Å². The number of hydrogen-bond donors (Lipinski definition) is 0. The molecule has 2 aromatic heterocycles. The van der Waals surface area contributed by atoms with Crippen LogP contribution < -0.4 is 0 Å². The minimum Gasteiger partial charge on any atom is -0.341 e. The van der Waals surface area contributed by atoms with Crippen LogP contribution in [0, 0.1) is 0 Å². The van der Waals surface area contributed by atoms with Gasteiger partial charge in [-0.2, -0.15) is 0 Å². The first-order valence-corrected chi connectivity index (χ1v) is 16.5. The number of aryl methyl sites for hydroxylation is 2. The highest BCUT2D eigenvalue weighted by molar-refractivity contribution is 6.18. The van der Waals surface area contributed by atoms with Crippen LogP contribution >= 0.6 is 0 Å². The van der Waals surface area contributed by atoms with E-state index in [9.17, 15) is 0 Å². The minimum absolute atomic E-state index is 0.910. The van der Waals surface area contributed by atoms with Crippen LogP contribution in [-0.4, -0.2) is 9.13 Å². The predicted molar refractivity (Wildman–Crippen MR) is 190 cm³/mol. The summed E-state index contributed by atoms with van der Waals surface area (Å²) in [6.45, 7) is 6.47. The molecule has 216 valence electrons. The maximum Gasteiger partial charge on any atom is 0.0497 e. The Morgan fingerprint density at radius 3 is 1.78 bits per heavy atom. The van der Waals surface area contributed by atoms with Gasteiger partial charge in [0.25, 0.3) is 0 Å². The van der Waals surface area contributed by atoms with Gasteiger partial charge in [0.05, 0.1) is 0 Å². The molecule has 0 spiro atoms. The van der Waals surface area contributed by atoms with Gasteiger partial charge in [0.15, 0.2) is 0 Å². The van der Waals surface area contributed by atoms with Crippen molar-refractivity contribution in [1.29, 1.82) is 0 Å². The van der Waals surface area contributed by atoms with Gasteiger partial charge in [0.1, 0.15) is 0 Å². The molecule has 0 saturated carbocycles. The molecule has 0 aliphatic heterocycles. The highest BCUT2D eigenvalue weighted by atomic mass is 15.0. The summed E-state index contributed by atoms with van der Waals surface area (Å²) in [7, 11) is 0. The lowest BCUT2D eigenvalue weighted by molar-refractivity contribution is 0.826. The van der Waals surface area contributed by atoms with E-state index in [-0.39, 0.29) is 0 Å². The number of fused-ring (bicyclic) bond motifs is 14. The predicted octanol–water partition coefficient (Wildman–Crippen LogP) is 10.7. The highest BCUT2D eigenvalue weighted by Gasteiger charge is 2.26. The Morgan fingerprint density at radius 2 is 1.09 bits per heavy atom. The van der Waals surface area contributed by atoms with E-state index >= 15 is 0 Å². The molecule has 0 radical (unpaired) electrons. The molecule has 2 heterocycles. The zero-order valence-corrected chi connectivity index (χ0v) is 25.8. The normalized spacial score (nSPS) is 13.2. The van der Waals surface area contributed by atoms with Gasteiger partial charge < -0.3 is 9.13 Å². The third kappa shape index (κ3) is 3.35. The Kier molecular flexibility index (Phi) is 5.18. The Morgan fingerprint density at radius 1 is 0.489 bits per heavy atom. The zero-order chi connectivity index (χ0) is 29.8. The molecule has 0 saturated heterocycles. The molecule has 8 aromatic rings. The van der Waals surface area contributed by atoms with Crippen LogP contribution in [0.25, 0.3) is 65.9 Å². The third-order valence-electron chi connectivity index (χ3n) is 10.8. The number of nitrogens with zero attached hydrogens (tertiary/aromatic N) is 2. The summed E-state index contributed by atoms with van der Waals surface area (Å²) in [5, 5.41) is 5.65. The average Bonchev–Trinajstić information content (AvgIpc) is 3.81. The van der Waals surface area contributed by atoms with Crippen LogP contribution in [0.2, 0.25) is 0 Å². The van der Waals surface area contributed by atoms with E-state index in [4.69, 9.17) is 0 Å². The van der Waals surface area contributed by atoms with Crippen molar-refractivity contribution in [2.75, 3.05) is 0 Å². The SMILES string of the molecule is CCn1c2cc(Cc3cccc4c3c3c5c(ccc3n4CC)Cc3ccccc3-5)ccc2c2c3c(ccc21)Cc1ccccc1-3. The first kappa shape index (κ1) is 25.3. The summed E-state index contributed by atoms with van der Waals surface area (Å²) in [6.07, 6.45) is 2.96. The standard InChI is InChI=1S/C43H34N2/c1-3-44-35-15-9-12-29(41(35)43-37(44)21-18-31-25-28-11-6-8-14-33(28)40(31)43)22-26-16-19-34-38(23-26)45(4-2)36-20-17-30-24-27-10-5-7-13-32(27)39(30)42(34)36/h5-21,23H,3-4,22,24-25H2,1-2H3. The molecule has 2 aliphatic carbocycles. The minimum atomic E-state index is 0.910. The van der Waals surface area contributed by atoms with Crippen molar-refractivity contribution in [3.8, 4) is 22.3 Å². The maximum atomic E-state index is 2.53. The number of hydrogen-bond acceptors (Lipinski definition) is 0. The van der Waals surface area contributed by atoms with E-state index < -0.39 is 0 Å². The van der Waals surface area contributed by atoms with E-state index in [0.717, 1.165) is 32.4 Å². The second-order valence-corrected chi connectivity index (χ2v) is 13.0. The molecule has 2 heteroatoms. The van der Waals surface area contributed by atoms with Crippen LogP contribution in [0.1, 0.15) is 47.2 Å². The average molecular weight is 579 g/mol. The van der Waals surface area contributed by atoms with Crippen LogP contribution in [0.4, 0.5) is 0 Å². The van der Waals surface area contributed by atoms with Crippen molar-refractivity contribution in [3.05, 3.63) is 143 Å². The quantitative estimate of drug-likeness (QED) is 0.197. The summed E-state index contributed by atoms with van der Waals surface area (Å²) < 4.78 is 5.05. The van der Waals surface area contributed by atoms with E-state index in [0.29, 0.717) is 0 Å². The van der Waals surface area contributed by atoms with Crippen molar-refractivity contribution in [2.24, 2.45) is 0 Å². The number of rotatable bonds is 4. The summed E-state index contributed by atoms with van der Waals surface area (Å²) in [5.74, 6) is 0. The summed E-state index contributed by atoms with van der Waals surface area (Å²) in [5.41, 5.74) is 19.7. The van der Waals surface area contributed by atoms with Gasteiger partial charge in [-0.1, -0.05) is 84.9 Å². The molecule has 0 N–H and O–H groups in total. The monoisotopic (exact) mass is 578 g/mol. The lowest BCUT2D eigenvalue weighted by atomic mass is 9.94. The van der Waals surface area contributed by atoms with Crippen molar-refractivity contribution < 1.29 is 0 Å². The Bertz CT molecular complexity index is 2540. The van der Waals surface area contributed by atoms with E-state index in [2.05, 4.69) is 132 Å². The fourth-order valence-corrected chi connectivity index (χ4v) is 8.93.